The van der Waals surface area contributed by atoms with Crippen molar-refractivity contribution in [3.05, 3.63) is 0 Å². The van der Waals surface area contributed by atoms with Crippen LogP contribution in [0.5, 0.6) is 0 Å². The first-order chi connectivity index (χ1) is 7.25. The Kier molecular flexibility index (Phi) is 2.55. The minimum absolute atomic E-state index is 0.108. The van der Waals surface area contributed by atoms with E-state index in [1.165, 1.54) is 0 Å². The number of likely N-dealkylation sites (tertiary alicyclic amines) is 1. The summed E-state index contributed by atoms with van der Waals surface area (Å²) < 4.78 is 11.3. The number of rotatable bonds is 0. The maximum atomic E-state index is 12.1. The third kappa shape index (κ3) is 2.38. The van der Waals surface area contributed by atoms with Crippen molar-refractivity contribution >= 4 is 6.09 Å². The van der Waals surface area contributed by atoms with E-state index in [1.807, 2.05) is 27.8 Å². The zero-order chi connectivity index (χ0) is 12.0. The molecule has 2 aliphatic heterocycles. The highest BCUT2D eigenvalue weighted by Gasteiger charge is 2.53. The Bertz CT molecular complexity index is 292. The van der Waals surface area contributed by atoms with Crippen LogP contribution in [0, 0.1) is 0 Å². The molecule has 16 heavy (non-hydrogen) atoms. The molecule has 92 valence electrons. The zero-order valence-corrected chi connectivity index (χ0v) is 10.7. The van der Waals surface area contributed by atoms with Crippen molar-refractivity contribution in [2.24, 2.45) is 0 Å². The Morgan fingerprint density at radius 1 is 1.31 bits per heavy atom. The fourth-order valence-corrected chi connectivity index (χ4v) is 2.08. The summed E-state index contributed by atoms with van der Waals surface area (Å²) in [6.07, 6.45) is 1.84. The molecule has 2 saturated heterocycles. The molecule has 0 aliphatic carbocycles. The van der Waals surface area contributed by atoms with Crippen LogP contribution < -0.4 is 0 Å². The molecule has 0 aromatic heterocycles. The molecule has 2 fully saturated rings. The molecule has 0 saturated carbocycles. The minimum Gasteiger partial charge on any atom is -0.414 e. The van der Waals surface area contributed by atoms with Gasteiger partial charge >= 0.3 is 6.09 Å². The van der Waals surface area contributed by atoms with Crippen LogP contribution in [0.2, 0.25) is 0 Å². The number of carbonyl (C=O) groups excluding carboxylic acids is 1. The van der Waals surface area contributed by atoms with Gasteiger partial charge in [0, 0.05) is 12.8 Å². The number of ether oxygens (including phenoxy) is 2. The number of epoxide rings is 1. The minimum atomic E-state index is -0.399. The van der Waals surface area contributed by atoms with Gasteiger partial charge in [0.1, 0.15) is 11.2 Å². The van der Waals surface area contributed by atoms with Crippen LogP contribution in [0.1, 0.15) is 33.6 Å². The molecule has 0 atom stereocenters. The SMILES string of the molecule is CC(C)(C)OC(=O)[N+]1(C)CCC2(CC1)CO2. The zero-order valence-electron chi connectivity index (χ0n) is 10.7. The van der Waals surface area contributed by atoms with Crippen molar-refractivity contribution < 1.29 is 18.8 Å². The molecule has 0 N–H and O–H groups in total. The van der Waals surface area contributed by atoms with E-state index in [4.69, 9.17) is 9.47 Å². The standard InChI is InChI=1S/C12H22NO3/c1-11(2,3)16-10(14)13(4)7-5-12(6-8-13)9-15-12/h5-9H2,1-4H3/q+1. The van der Waals surface area contributed by atoms with E-state index in [0.29, 0.717) is 4.48 Å². The summed E-state index contributed by atoms with van der Waals surface area (Å²) in [5, 5.41) is 0. The number of hydrogen-bond donors (Lipinski definition) is 0. The molecule has 0 radical (unpaired) electrons. The van der Waals surface area contributed by atoms with Crippen LogP contribution in [-0.4, -0.2) is 48.5 Å². The van der Waals surface area contributed by atoms with E-state index in [1.54, 1.807) is 0 Å². The van der Waals surface area contributed by atoms with Crippen molar-refractivity contribution in [3.8, 4) is 0 Å². The lowest BCUT2D eigenvalue weighted by Crippen LogP contribution is -2.57. The highest BCUT2D eigenvalue weighted by Crippen LogP contribution is 2.39. The summed E-state index contributed by atoms with van der Waals surface area (Å²) in [4.78, 5) is 12.1. The van der Waals surface area contributed by atoms with Crippen molar-refractivity contribution in [1.82, 2.24) is 0 Å². The molecule has 0 unspecified atom stereocenters. The predicted molar refractivity (Wildman–Crippen MR) is 60.1 cm³/mol. The highest BCUT2D eigenvalue weighted by atomic mass is 16.6. The van der Waals surface area contributed by atoms with Gasteiger partial charge in [0.15, 0.2) is 0 Å². The fraction of sp³-hybridized carbons (Fsp3) is 0.917. The average Bonchev–Trinajstić information content (AvgIpc) is 2.89. The van der Waals surface area contributed by atoms with Gasteiger partial charge in [-0.3, -0.25) is 0 Å². The first-order valence-corrected chi connectivity index (χ1v) is 5.97. The first kappa shape index (κ1) is 11.9. The summed E-state index contributed by atoms with van der Waals surface area (Å²) in [5.41, 5.74) is -0.274. The molecule has 4 heteroatoms. The van der Waals surface area contributed by atoms with E-state index >= 15 is 0 Å². The van der Waals surface area contributed by atoms with Crippen molar-refractivity contribution in [2.45, 2.75) is 44.8 Å². The second-order valence-corrected chi connectivity index (χ2v) is 6.30. The number of quaternary nitrogens is 1. The lowest BCUT2D eigenvalue weighted by atomic mass is 9.96. The third-order valence-electron chi connectivity index (χ3n) is 3.51. The maximum absolute atomic E-state index is 12.1. The molecule has 1 spiro atoms. The van der Waals surface area contributed by atoms with Gasteiger partial charge in [-0.1, -0.05) is 0 Å². The van der Waals surface area contributed by atoms with Gasteiger partial charge in [-0.15, -0.1) is 0 Å². The first-order valence-electron chi connectivity index (χ1n) is 5.97. The number of amides is 1. The topological polar surface area (TPSA) is 38.8 Å². The summed E-state index contributed by atoms with van der Waals surface area (Å²) in [6, 6.07) is 0. The van der Waals surface area contributed by atoms with Gasteiger partial charge in [-0.25, -0.2) is 4.48 Å². The van der Waals surface area contributed by atoms with Crippen molar-refractivity contribution in [1.29, 1.82) is 0 Å². The van der Waals surface area contributed by atoms with Gasteiger partial charge in [-0.2, -0.15) is 4.79 Å². The van der Waals surface area contributed by atoms with Crippen molar-refractivity contribution in [3.63, 3.8) is 0 Å². The smallest absolute Gasteiger partial charge is 0.414 e. The van der Waals surface area contributed by atoms with Crippen LogP contribution in [0.3, 0.4) is 0 Å². The Balaban J connectivity index is 1.95. The van der Waals surface area contributed by atoms with Crippen molar-refractivity contribution in [2.75, 3.05) is 26.7 Å². The molecule has 0 aromatic rings. The molecular formula is C12H22NO3+. The number of nitrogens with zero attached hydrogens (tertiary/aromatic N) is 1. The number of hydrogen-bond acceptors (Lipinski definition) is 3. The van der Waals surface area contributed by atoms with E-state index in [2.05, 4.69) is 0 Å². The lowest BCUT2D eigenvalue weighted by Gasteiger charge is -2.37. The second kappa shape index (κ2) is 3.44. The molecular weight excluding hydrogens is 206 g/mol. The maximum Gasteiger partial charge on any atom is 0.516 e. The summed E-state index contributed by atoms with van der Waals surface area (Å²) in [6.45, 7) is 8.26. The molecule has 2 heterocycles. The lowest BCUT2D eigenvalue weighted by molar-refractivity contribution is -0.845. The Morgan fingerprint density at radius 3 is 2.19 bits per heavy atom. The molecule has 0 aromatic carbocycles. The second-order valence-electron chi connectivity index (χ2n) is 6.30. The van der Waals surface area contributed by atoms with Gasteiger partial charge in [0.05, 0.1) is 26.7 Å². The van der Waals surface area contributed by atoms with Gasteiger partial charge < -0.3 is 9.47 Å². The molecule has 0 bridgehead atoms. The van der Waals surface area contributed by atoms with E-state index in [0.717, 1.165) is 32.5 Å². The third-order valence-corrected chi connectivity index (χ3v) is 3.51. The highest BCUT2D eigenvalue weighted by molar-refractivity contribution is 5.60. The Morgan fingerprint density at radius 2 is 1.81 bits per heavy atom. The Hall–Kier alpha value is -0.610. The largest absolute Gasteiger partial charge is 0.516 e. The summed E-state index contributed by atoms with van der Waals surface area (Å²) >= 11 is 0. The van der Waals surface area contributed by atoms with Crippen LogP contribution in [0.25, 0.3) is 0 Å². The summed E-state index contributed by atoms with van der Waals surface area (Å²) in [7, 11) is 1.96. The van der Waals surface area contributed by atoms with Crippen LogP contribution in [0.4, 0.5) is 4.79 Å². The monoisotopic (exact) mass is 228 g/mol. The Labute approximate surface area is 97.1 Å². The molecule has 2 rings (SSSR count). The quantitative estimate of drug-likeness (QED) is 0.470. The molecule has 2 aliphatic rings. The molecule has 4 nitrogen and oxygen atoms in total. The van der Waals surface area contributed by atoms with E-state index in [-0.39, 0.29) is 11.7 Å². The van der Waals surface area contributed by atoms with Crippen LogP contribution >= 0.6 is 0 Å². The van der Waals surface area contributed by atoms with E-state index in [9.17, 15) is 4.79 Å². The van der Waals surface area contributed by atoms with Gasteiger partial charge in [-0.05, 0) is 20.8 Å². The molecule has 1 amide bonds. The van der Waals surface area contributed by atoms with E-state index < -0.39 is 5.60 Å². The number of carbonyl (C=O) groups is 1. The fourth-order valence-electron chi connectivity index (χ4n) is 2.08. The summed E-state index contributed by atoms with van der Waals surface area (Å²) in [5.74, 6) is 0. The van der Waals surface area contributed by atoms with Crippen LogP contribution in [0.15, 0.2) is 0 Å². The number of piperidine rings is 1. The normalized spacial score (nSPS) is 38.5. The van der Waals surface area contributed by atoms with Crippen LogP contribution in [-0.2, 0) is 9.47 Å². The average molecular weight is 228 g/mol. The predicted octanol–water partition coefficient (Wildman–Crippen LogP) is 1.93. The van der Waals surface area contributed by atoms with Gasteiger partial charge in [0.25, 0.3) is 0 Å². The van der Waals surface area contributed by atoms with Gasteiger partial charge in [0.2, 0.25) is 0 Å².